The van der Waals surface area contributed by atoms with E-state index >= 15 is 0 Å². The number of ether oxygens (including phenoxy) is 2. The molecule has 6 nitrogen and oxygen atoms in total. The quantitative estimate of drug-likeness (QED) is 0.217. The zero-order valence-electron chi connectivity index (χ0n) is 15.2. The number of esters is 1. The van der Waals surface area contributed by atoms with Gasteiger partial charge in [0.05, 0.1) is 0 Å². The van der Waals surface area contributed by atoms with Gasteiger partial charge in [0, 0.05) is 0 Å². The van der Waals surface area contributed by atoms with Gasteiger partial charge in [-0.1, -0.05) is 26.0 Å². The standard InChI is InChI=1S/C18H16F4O6S/c1-3-9(2)10-4-6-11(7-5-10)28-12(23)8-27-17-13(19)15(21)18(29(24,25)26)16(22)14(17)20/h4-7,9H,3,8H2,1-2H3,(H,24,25,26)/p-1. The van der Waals surface area contributed by atoms with Crippen molar-refractivity contribution in [3.05, 3.63) is 53.1 Å². The van der Waals surface area contributed by atoms with Crippen LogP contribution in [-0.4, -0.2) is 25.5 Å². The minimum atomic E-state index is -5.84. The van der Waals surface area contributed by atoms with Crippen molar-refractivity contribution in [1.82, 2.24) is 0 Å². The summed E-state index contributed by atoms with van der Waals surface area (Å²) < 4.78 is 96.5. The first kappa shape index (κ1) is 22.6. The third-order valence-corrected chi connectivity index (χ3v) is 4.92. The molecule has 0 saturated heterocycles. The Hall–Kier alpha value is -2.66. The topological polar surface area (TPSA) is 92.7 Å². The van der Waals surface area contributed by atoms with Gasteiger partial charge in [0.2, 0.25) is 11.6 Å². The minimum Gasteiger partial charge on any atom is -0.744 e. The van der Waals surface area contributed by atoms with Crippen LogP contribution in [0.1, 0.15) is 31.7 Å². The molecule has 0 saturated carbocycles. The maximum atomic E-state index is 13.8. The van der Waals surface area contributed by atoms with Crippen molar-refractivity contribution < 1.29 is 44.8 Å². The molecule has 2 aromatic rings. The Labute approximate surface area is 163 Å². The van der Waals surface area contributed by atoms with E-state index in [-0.39, 0.29) is 11.7 Å². The van der Waals surface area contributed by atoms with Crippen molar-refractivity contribution >= 4 is 16.1 Å². The van der Waals surface area contributed by atoms with Crippen LogP contribution in [0, 0.1) is 23.3 Å². The number of carbonyl (C=O) groups is 1. The van der Waals surface area contributed by atoms with Gasteiger partial charge in [0.25, 0.3) is 0 Å². The van der Waals surface area contributed by atoms with E-state index in [1.807, 2.05) is 13.8 Å². The Kier molecular flexibility index (Phi) is 6.85. The average molecular weight is 435 g/mol. The highest BCUT2D eigenvalue weighted by Gasteiger charge is 2.30. The molecular formula is C18H15F4O6S-. The van der Waals surface area contributed by atoms with Crippen molar-refractivity contribution in [3.8, 4) is 11.5 Å². The fourth-order valence-electron chi connectivity index (χ4n) is 2.33. The molecular weight excluding hydrogens is 420 g/mol. The van der Waals surface area contributed by atoms with Gasteiger partial charge in [0.1, 0.15) is 20.8 Å². The molecule has 0 aliphatic heterocycles. The van der Waals surface area contributed by atoms with Crippen molar-refractivity contribution in [1.29, 1.82) is 0 Å². The normalized spacial score (nSPS) is 12.5. The predicted molar refractivity (Wildman–Crippen MR) is 90.5 cm³/mol. The van der Waals surface area contributed by atoms with Gasteiger partial charge in [-0.05, 0) is 30.0 Å². The van der Waals surface area contributed by atoms with E-state index in [0.29, 0.717) is 0 Å². The van der Waals surface area contributed by atoms with Gasteiger partial charge in [-0.2, -0.15) is 8.78 Å². The summed E-state index contributed by atoms with van der Waals surface area (Å²) in [6.07, 6.45) is 0.893. The zero-order valence-corrected chi connectivity index (χ0v) is 16.0. The number of benzene rings is 2. The van der Waals surface area contributed by atoms with Crippen LogP contribution in [0.3, 0.4) is 0 Å². The van der Waals surface area contributed by atoms with E-state index in [4.69, 9.17) is 4.74 Å². The number of hydrogen-bond donors (Lipinski definition) is 0. The number of carbonyl (C=O) groups excluding carboxylic acids is 1. The maximum Gasteiger partial charge on any atom is 0.349 e. The summed E-state index contributed by atoms with van der Waals surface area (Å²) in [6, 6.07) is 6.38. The maximum absolute atomic E-state index is 13.8. The van der Waals surface area contributed by atoms with Crippen LogP contribution in [0.15, 0.2) is 29.2 Å². The van der Waals surface area contributed by atoms with Crippen LogP contribution in [0.2, 0.25) is 0 Å². The lowest BCUT2D eigenvalue weighted by Crippen LogP contribution is -2.20. The fourth-order valence-corrected chi connectivity index (χ4v) is 2.95. The number of hydrogen-bond acceptors (Lipinski definition) is 6. The molecule has 0 aromatic heterocycles. The van der Waals surface area contributed by atoms with Gasteiger partial charge >= 0.3 is 5.97 Å². The van der Waals surface area contributed by atoms with E-state index < -0.39 is 56.6 Å². The number of rotatable bonds is 7. The molecule has 0 fully saturated rings. The molecule has 0 aliphatic rings. The summed E-state index contributed by atoms with van der Waals surface area (Å²) in [5, 5.41) is 0. The van der Waals surface area contributed by atoms with Crippen LogP contribution in [0.4, 0.5) is 17.6 Å². The Morgan fingerprint density at radius 3 is 2.00 bits per heavy atom. The Balaban J connectivity index is 2.15. The van der Waals surface area contributed by atoms with Gasteiger partial charge in [0.15, 0.2) is 24.0 Å². The Morgan fingerprint density at radius 2 is 1.55 bits per heavy atom. The van der Waals surface area contributed by atoms with Gasteiger partial charge in [-0.3, -0.25) is 0 Å². The monoisotopic (exact) mass is 435 g/mol. The first-order valence-corrected chi connectivity index (χ1v) is 9.63. The van der Waals surface area contributed by atoms with Gasteiger partial charge < -0.3 is 14.0 Å². The molecule has 0 aliphatic carbocycles. The summed E-state index contributed by atoms with van der Waals surface area (Å²) >= 11 is 0. The van der Waals surface area contributed by atoms with E-state index in [9.17, 15) is 35.3 Å². The van der Waals surface area contributed by atoms with E-state index in [2.05, 4.69) is 4.74 Å². The second kappa shape index (κ2) is 8.78. The van der Waals surface area contributed by atoms with Crippen LogP contribution in [-0.2, 0) is 14.9 Å². The molecule has 29 heavy (non-hydrogen) atoms. The minimum absolute atomic E-state index is 0.0942. The summed E-state index contributed by atoms with van der Waals surface area (Å²) in [5.41, 5.74) is 0.993. The third-order valence-electron chi connectivity index (χ3n) is 4.06. The SMILES string of the molecule is CCC(C)c1ccc(OC(=O)COc2c(F)c(F)c(S(=O)(=O)[O-])c(F)c2F)cc1. The Bertz CT molecular complexity index is 993. The summed E-state index contributed by atoms with van der Waals surface area (Å²) in [6.45, 7) is 2.85. The largest absolute Gasteiger partial charge is 0.744 e. The molecule has 11 heteroatoms. The molecule has 0 radical (unpaired) electrons. The summed E-state index contributed by atoms with van der Waals surface area (Å²) in [7, 11) is -5.84. The Morgan fingerprint density at radius 1 is 1.03 bits per heavy atom. The van der Waals surface area contributed by atoms with Crippen molar-refractivity contribution in [2.45, 2.75) is 31.1 Å². The second-order valence-corrected chi connectivity index (χ2v) is 7.33. The fraction of sp³-hybridized carbons (Fsp3) is 0.278. The molecule has 0 spiro atoms. The van der Waals surface area contributed by atoms with Crippen molar-refractivity contribution in [3.63, 3.8) is 0 Å². The van der Waals surface area contributed by atoms with Gasteiger partial charge in [-0.25, -0.2) is 22.0 Å². The predicted octanol–water partition coefficient (Wildman–Crippen LogP) is 3.65. The van der Waals surface area contributed by atoms with Crippen LogP contribution >= 0.6 is 0 Å². The van der Waals surface area contributed by atoms with Crippen LogP contribution in [0.25, 0.3) is 0 Å². The lowest BCUT2D eigenvalue weighted by atomic mass is 9.99. The zero-order chi connectivity index (χ0) is 21.9. The second-order valence-electron chi connectivity index (χ2n) is 6.01. The highest BCUT2D eigenvalue weighted by molar-refractivity contribution is 7.85. The van der Waals surface area contributed by atoms with E-state index in [1.54, 1.807) is 12.1 Å². The van der Waals surface area contributed by atoms with E-state index in [0.717, 1.165) is 12.0 Å². The molecule has 0 bridgehead atoms. The molecule has 2 rings (SSSR count). The molecule has 0 heterocycles. The first-order valence-electron chi connectivity index (χ1n) is 8.22. The average Bonchev–Trinajstić information content (AvgIpc) is 2.65. The number of halogens is 4. The third kappa shape index (κ3) is 5.04. The van der Waals surface area contributed by atoms with E-state index in [1.165, 1.54) is 12.1 Å². The highest BCUT2D eigenvalue weighted by atomic mass is 32.2. The molecule has 0 amide bonds. The summed E-state index contributed by atoms with van der Waals surface area (Å²) in [4.78, 5) is 9.44. The van der Waals surface area contributed by atoms with Gasteiger partial charge in [-0.15, -0.1) is 0 Å². The summed E-state index contributed by atoms with van der Waals surface area (Å²) in [5.74, 6) is -11.9. The first-order chi connectivity index (χ1) is 13.5. The molecule has 1 atom stereocenters. The highest BCUT2D eigenvalue weighted by Crippen LogP contribution is 2.32. The van der Waals surface area contributed by atoms with Crippen LogP contribution < -0.4 is 9.47 Å². The molecule has 158 valence electrons. The van der Waals surface area contributed by atoms with Crippen molar-refractivity contribution in [2.75, 3.05) is 6.61 Å². The smallest absolute Gasteiger partial charge is 0.349 e. The lowest BCUT2D eigenvalue weighted by molar-refractivity contribution is -0.136. The van der Waals surface area contributed by atoms with Crippen molar-refractivity contribution in [2.24, 2.45) is 0 Å². The molecule has 0 N–H and O–H groups in total. The lowest BCUT2D eigenvalue weighted by Gasteiger charge is -2.14. The van der Waals surface area contributed by atoms with Crippen LogP contribution in [0.5, 0.6) is 11.5 Å². The molecule has 1 unspecified atom stereocenters. The molecule has 2 aromatic carbocycles.